The first kappa shape index (κ1) is 15.2. The van der Waals surface area contributed by atoms with E-state index in [1.54, 1.807) is 0 Å². The summed E-state index contributed by atoms with van der Waals surface area (Å²) in [6.45, 7) is 6.11. The quantitative estimate of drug-likeness (QED) is 0.677. The van der Waals surface area contributed by atoms with Gasteiger partial charge >= 0.3 is 0 Å². The van der Waals surface area contributed by atoms with E-state index in [-0.39, 0.29) is 0 Å². The van der Waals surface area contributed by atoms with Gasteiger partial charge in [-0.25, -0.2) is 0 Å². The van der Waals surface area contributed by atoms with Crippen LogP contribution in [-0.2, 0) is 12.8 Å². The molecule has 1 aromatic carbocycles. The molecule has 0 saturated heterocycles. The van der Waals surface area contributed by atoms with Gasteiger partial charge in [0, 0.05) is 0 Å². The van der Waals surface area contributed by atoms with Gasteiger partial charge in [0.05, 0.1) is 0 Å². The fraction of sp³-hybridized carbons (Fsp3) is 0.579. The number of allylic oxidation sites excluding steroid dienone is 1. The monoisotopic (exact) mass is 272 g/mol. The average Bonchev–Trinajstić information content (AvgIpc) is 2.48. The number of benzene rings is 1. The standard InChI is InChI=1S/C19H28O/c1-3-5-12-17-18(20)14-13-15(9-4-2)19(17)16-10-7-6-8-11-16/h4,13-14,16,20H,2-3,5-12H2,1H3. The Morgan fingerprint density at radius 3 is 2.65 bits per heavy atom. The predicted octanol–water partition coefficient (Wildman–Crippen LogP) is 5.51. The van der Waals surface area contributed by atoms with Gasteiger partial charge in [-0.05, 0) is 60.8 Å². The van der Waals surface area contributed by atoms with E-state index in [0.717, 1.165) is 19.3 Å². The molecular formula is C19H28O. The Balaban J connectivity index is 2.40. The number of phenolic OH excluding ortho intramolecular Hbond substituents is 1. The maximum atomic E-state index is 10.3. The molecule has 0 radical (unpaired) electrons. The molecule has 1 fully saturated rings. The second kappa shape index (κ2) is 7.52. The van der Waals surface area contributed by atoms with E-state index in [2.05, 4.69) is 19.6 Å². The fourth-order valence-corrected chi connectivity index (χ4v) is 3.55. The third-order valence-electron chi connectivity index (χ3n) is 4.58. The molecule has 20 heavy (non-hydrogen) atoms. The molecule has 0 bridgehead atoms. The van der Waals surface area contributed by atoms with Crippen molar-refractivity contribution in [3.8, 4) is 5.75 Å². The van der Waals surface area contributed by atoms with Crippen molar-refractivity contribution in [2.24, 2.45) is 0 Å². The van der Waals surface area contributed by atoms with Crippen LogP contribution in [-0.4, -0.2) is 5.11 Å². The minimum absolute atomic E-state index is 0.506. The van der Waals surface area contributed by atoms with Crippen LogP contribution in [0.2, 0.25) is 0 Å². The summed E-state index contributed by atoms with van der Waals surface area (Å²) in [7, 11) is 0. The zero-order chi connectivity index (χ0) is 14.4. The number of aromatic hydroxyl groups is 1. The summed E-state index contributed by atoms with van der Waals surface area (Å²) >= 11 is 0. The summed E-state index contributed by atoms with van der Waals surface area (Å²) in [5.41, 5.74) is 4.06. The molecule has 0 amide bonds. The summed E-state index contributed by atoms with van der Waals surface area (Å²) < 4.78 is 0. The highest BCUT2D eigenvalue weighted by Gasteiger charge is 2.22. The zero-order valence-electron chi connectivity index (χ0n) is 12.8. The zero-order valence-corrected chi connectivity index (χ0v) is 12.8. The maximum absolute atomic E-state index is 10.3. The van der Waals surface area contributed by atoms with Gasteiger partial charge in [-0.3, -0.25) is 0 Å². The molecule has 110 valence electrons. The van der Waals surface area contributed by atoms with Crippen LogP contribution in [0.15, 0.2) is 24.8 Å². The minimum atomic E-state index is 0.506. The highest BCUT2D eigenvalue weighted by Crippen LogP contribution is 2.40. The topological polar surface area (TPSA) is 20.2 Å². The van der Waals surface area contributed by atoms with Crippen LogP contribution in [0.25, 0.3) is 0 Å². The van der Waals surface area contributed by atoms with E-state index in [4.69, 9.17) is 0 Å². The first-order valence-electron chi connectivity index (χ1n) is 8.22. The summed E-state index contributed by atoms with van der Waals surface area (Å²) in [5, 5.41) is 10.3. The number of hydrogen-bond donors (Lipinski definition) is 1. The van der Waals surface area contributed by atoms with E-state index in [1.165, 1.54) is 55.2 Å². The van der Waals surface area contributed by atoms with Gasteiger partial charge < -0.3 is 5.11 Å². The van der Waals surface area contributed by atoms with Crippen molar-refractivity contribution in [3.05, 3.63) is 41.5 Å². The van der Waals surface area contributed by atoms with E-state index >= 15 is 0 Å². The first-order valence-corrected chi connectivity index (χ1v) is 8.22. The molecular weight excluding hydrogens is 244 g/mol. The summed E-state index contributed by atoms with van der Waals surface area (Å²) in [6, 6.07) is 3.99. The van der Waals surface area contributed by atoms with Crippen LogP contribution in [0.3, 0.4) is 0 Å². The average molecular weight is 272 g/mol. The Labute approximate surface area is 123 Å². The molecule has 0 aromatic heterocycles. The number of phenols is 1. The van der Waals surface area contributed by atoms with Gasteiger partial charge in [-0.2, -0.15) is 0 Å². The lowest BCUT2D eigenvalue weighted by atomic mass is 9.78. The lowest BCUT2D eigenvalue weighted by molar-refractivity contribution is 0.430. The van der Waals surface area contributed by atoms with Crippen LogP contribution in [0.1, 0.15) is 74.5 Å². The van der Waals surface area contributed by atoms with Gasteiger partial charge in [0.2, 0.25) is 0 Å². The number of hydrogen-bond acceptors (Lipinski definition) is 1. The molecule has 1 saturated carbocycles. The van der Waals surface area contributed by atoms with E-state index in [9.17, 15) is 5.11 Å². The molecule has 0 aliphatic heterocycles. The molecule has 1 aliphatic carbocycles. The summed E-state index contributed by atoms with van der Waals surface area (Å²) in [6.07, 6.45) is 12.9. The Kier molecular flexibility index (Phi) is 5.70. The molecule has 1 nitrogen and oxygen atoms in total. The van der Waals surface area contributed by atoms with Gasteiger partial charge in [-0.1, -0.05) is 44.7 Å². The SMILES string of the molecule is C=CCc1ccc(O)c(CCCC)c1C1CCCCC1. The van der Waals surface area contributed by atoms with Crippen LogP contribution in [0.4, 0.5) is 0 Å². The second-order valence-electron chi connectivity index (χ2n) is 6.07. The van der Waals surface area contributed by atoms with Gasteiger partial charge in [0.1, 0.15) is 5.75 Å². The minimum Gasteiger partial charge on any atom is -0.508 e. The smallest absolute Gasteiger partial charge is 0.119 e. The Hall–Kier alpha value is -1.24. The summed E-state index contributed by atoms with van der Waals surface area (Å²) in [4.78, 5) is 0. The van der Waals surface area contributed by atoms with Gasteiger partial charge in [-0.15, -0.1) is 6.58 Å². The van der Waals surface area contributed by atoms with Crippen LogP contribution < -0.4 is 0 Å². The fourth-order valence-electron chi connectivity index (χ4n) is 3.55. The number of rotatable bonds is 6. The lowest BCUT2D eigenvalue weighted by Crippen LogP contribution is -2.11. The molecule has 2 rings (SSSR count). The Bertz CT molecular complexity index is 441. The molecule has 0 spiro atoms. The predicted molar refractivity (Wildman–Crippen MR) is 86.4 cm³/mol. The van der Waals surface area contributed by atoms with E-state index in [1.807, 2.05) is 12.1 Å². The van der Waals surface area contributed by atoms with E-state index < -0.39 is 0 Å². The van der Waals surface area contributed by atoms with Crippen LogP contribution in [0, 0.1) is 0 Å². The first-order chi connectivity index (χ1) is 9.77. The molecule has 0 atom stereocenters. The molecule has 1 aromatic rings. The van der Waals surface area contributed by atoms with Crippen molar-refractivity contribution in [1.82, 2.24) is 0 Å². The molecule has 0 unspecified atom stereocenters. The van der Waals surface area contributed by atoms with Crippen LogP contribution >= 0.6 is 0 Å². The highest BCUT2D eigenvalue weighted by molar-refractivity contribution is 5.47. The molecule has 0 heterocycles. The van der Waals surface area contributed by atoms with Crippen molar-refractivity contribution in [2.45, 2.75) is 70.6 Å². The normalized spacial score (nSPS) is 16.2. The van der Waals surface area contributed by atoms with Crippen molar-refractivity contribution >= 4 is 0 Å². The number of unbranched alkanes of at least 4 members (excludes halogenated alkanes) is 1. The largest absolute Gasteiger partial charge is 0.508 e. The highest BCUT2D eigenvalue weighted by atomic mass is 16.3. The molecule has 1 N–H and O–H groups in total. The molecule has 1 heteroatoms. The van der Waals surface area contributed by atoms with Gasteiger partial charge in [0.15, 0.2) is 0 Å². The van der Waals surface area contributed by atoms with Gasteiger partial charge in [0.25, 0.3) is 0 Å². The van der Waals surface area contributed by atoms with Crippen LogP contribution in [0.5, 0.6) is 5.75 Å². The third kappa shape index (κ3) is 3.45. The lowest BCUT2D eigenvalue weighted by Gasteiger charge is -2.27. The van der Waals surface area contributed by atoms with Crippen molar-refractivity contribution in [1.29, 1.82) is 0 Å². The third-order valence-corrected chi connectivity index (χ3v) is 4.58. The molecule has 1 aliphatic rings. The maximum Gasteiger partial charge on any atom is 0.119 e. The second-order valence-corrected chi connectivity index (χ2v) is 6.07. The van der Waals surface area contributed by atoms with Crippen molar-refractivity contribution in [2.75, 3.05) is 0 Å². The Morgan fingerprint density at radius 1 is 1.25 bits per heavy atom. The summed E-state index contributed by atoms with van der Waals surface area (Å²) in [5.74, 6) is 1.16. The van der Waals surface area contributed by atoms with Crippen molar-refractivity contribution in [3.63, 3.8) is 0 Å². The van der Waals surface area contributed by atoms with E-state index in [0.29, 0.717) is 11.7 Å². The Morgan fingerprint density at radius 2 is 2.00 bits per heavy atom. The van der Waals surface area contributed by atoms with Crippen molar-refractivity contribution < 1.29 is 5.11 Å².